The van der Waals surface area contributed by atoms with Gasteiger partial charge in [0.05, 0.1) is 34.5 Å². The first-order valence-electron chi connectivity index (χ1n) is 8.70. The Bertz CT molecular complexity index is 712. The van der Waals surface area contributed by atoms with E-state index in [0.717, 1.165) is 43.3 Å². The van der Waals surface area contributed by atoms with Crippen LogP contribution in [0.4, 0.5) is 11.4 Å². The quantitative estimate of drug-likeness (QED) is 0.821. The van der Waals surface area contributed by atoms with Gasteiger partial charge in [0, 0.05) is 42.6 Å². The summed E-state index contributed by atoms with van der Waals surface area (Å²) in [6, 6.07) is 12.2. The number of rotatable bonds is 7. The van der Waals surface area contributed by atoms with Gasteiger partial charge in [-0.15, -0.1) is 0 Å². The molecule has 0 amide bonds. The third-order valence-corrected chi connectivity index (χ3v) is 4.51. The summed E-state index contributed by atoms with van der Waals surface area (Å²) >= 11 is 0. The molecule has 26 heavy (non-hydrogen) atoms. The smallest absolute Gasteiger partial charge is 0.164 e. The van der Waals surface area contributed by atoms with Gasteiger partial charge in [0.1, 0.15) is 5.75 Å². The van der Waals surface area contributed by atoms with Crippen molar-refractivity contribution >= 4 is 11.4 Å². The summed E-state index contributed by atoms with van der Waals surface area (Å²) in [4.78, 5) is 2.34. The van der Waals surface area contributed by atoms with Crippen LogP contribution in [0.5, 0.6) is 17.2 Å². The van der Waals surface area contributed by atoms with Crippen LogP contribution in [0.1, 0.15) is 5.56 Å². The maximum Gasteiger partial charge on any atom is 0.164 e. The van der Waals surface area contributed by atoms with Crippen molar-refractivity contribution in [3.63, 3.8) is 0 Å². The first kappa shape index (κ1) is 18.2. The summed E-state index contributed by atoms with van der Waals surface area (Å²) in [6.07, 6.45) is 0. The summed E-state index contributed by atoms with van der Waals surface area (Å²) in [5.74, 6) is 2.11. The van der Waals surface area contributed by atoms with Crippen molar-refractivity contribution < 1.29 is 18.9 Å². The van der Waals surface area contributed by atoms with E-state index in [1.165, 1.54) is 5.69 Å². The minimum Gasteiger partial charge on any atom is -0.496 e. The zero-order chi connectivity index (χ0) is 18.4. The highest BCUT2D eigenvalue weighted by atomic mass is 16.5. The Kier molecular flexibility index (Phi) is 6.07. The Morgan fingerprint density at radius 1 is 0.885 bits per heavy atom. The molecule has 2 aromatic carbocycles. The predicted octanol–water partition coefficient (Wildman–Crippen LogP) is 3.16. The Morgan fingerprint density at radius 2 is 1.50 bits per heavy atom. The van der Waals surface area contributed by atoms with Crippen molar-refractivity contribution in [2.45, 2.75) is 6.54 Å². The van der Waals surface area contributed by atoms with Gasteiger partial charge in [-0.2, -0.15) is 0 Å². The molecule has 1 N–H and O–H groups in total. The first-order chi connectivity index (χ1) is 12.7. The standard InChI is InChI=1S/C20H26N2O4/c1-23-18-13-20(25-3)19(24-2)12-15(18)14-21-16-4-6-17(7-5-16)22-8-10-26-11-9-22/h4-7,12-13,21H,8-11,14H2,1-3H3. The third-order valence-electron chi connectivity index (χ3n) is 4.51. The van der Waals surface area contributed by atoms with E-state index in [2.05, 4.69) is 34.5 Å². The molecule has 6 heteroatoms. The fraction of sp³-hybridized carbons (Fsp3) is 0.400. The second-order valence-corrected chi connectivity index (χ2v) is 6.02. The monoisotopic (exact) mass is 358 g/mol. The first-order valence-corrected chi connectivity index (χ1v) is 8.70. The second kappa shape index (κ2) is 8.67. The van der Waals surface area contributed by atoms with E-state index in [-0.39, 0.29) is 0 Å². The molecule has 140 valence electrons. The number of anilines is 2. The van der Waals surface area contributed by atoms with E-state index < -0.39 is 0 Å². The van der Waals surface area contributed by atoms with Crippen LogP contribution in [-0.4, -0.2) is 47.6 Å². The average Bonchev–Trinajstić information content (AvgIpc) is 2.72. The summed E-state index contributed by atoms with van der Waals surface area (Å²) in [7, 11) is 4.90. The van der Waals surface area contributed by atoms with Gasteiger partial charge in [-0.25, -0.2) is 0 Å². The van der Waals surface area contributed by atoms with E-state index in [1.807, 2.05) is 12.1 Å². The van der Waals surface area contributed by atoms with Crippen LogP contribution < -0.4 is 24.4 Å². The number of nitrogens with zero attached hydrogens (tertiary/aromatic N) is 1. The lowest BCUT2D eigenvalue weighted by Crippen LogP contribution is -2.36. The molecule has 1 aliphatic rings. The molecular formula is C20H26N2O4. The lowest BCUT2D eigenvalue weighted by Gasteiger charge is -2.29. The molecule has 0 spiro atoms. The van der Waals surface area contributed by atoms with Crippen LogP contribution in [0.3, 0.4) is 0 Å². The molecule has 0 saturated carbocycles. The highest BCUT2D eigenvalue weighted by Gasteiger charge is 2.13. The number of nitrogens with one attached hydrogen (secondary N) is 1. The Hall–Kier alpha value is -2.60. The molecule has 0 radical (unpaired) electrons. The fourth-order valence-electron chi connectivity index (χ4n) is 3.04. The van der Waals surface area contributed by atoms with Gasteiger partial charge in [0.25, 0.3) is 0 Å². The summed E-state index contributed by atoms with van der Waals surface area (Å²) < 4.78 is 21.6. The number of ether oxygens (including phenoxy) is 4. The number of benzene rings is 2. The zero-order valence-corrected chi connectivity index (χ0v) is 15.6. The minimum atomic E-state index is 0.625. The SMILES string of the molecule is COc1cc(OC)c(OC)cc1CNc1ccc(N2CCOCC2)cc1. The molecule has 1 fully saturated rings. The summed E-state index contributed by atoms with van der Waals surface area (Å²) in [5.41, 5.74) is 3.28. The second-order valence-electron chi connectivity index (χ2n) is 6.02. The molecular weight excluding hydrogens is 332 g/mol. The highest BCUT2D eigenvalue weighted by molar-refractivity contribution is 5.57. The largest absolute Gasteiger partial charge is 0.496 e. The van der Waals surface area contributed by atoms with Crippen LogP contribution in [0, 0.1) is 0 Å². The third kappa shape index (κ3) is 4.14. The summed E-state index contributed by atoms with van der Waals surface area (Å²) in [6.45, 7) is 4.09. The van der Waals surface area contributed by atoms with Gasteiger partial charge >= 0.3 is 0 Å². The van der Waals surface area contributed by atoms with Gasteiger partial charge in [0.15, 0.2) is 11.5 Å². The fourth-order valence-corrected chi connectivity index (χ4v) is 3.04. The Balaban J connectivity index is 1.68. The zero-order valence-electron chi connectivity index (χ0n) is 15.6. The lowest BCUT2D eigenvalue weighted by atomic mass is 10.1. The van der Waals surface area contributed by atoms with Crippen LogP contribution in [0.2, 0.25) is 0 Å². The molecule has 0 aliphatic carbocycles. The number of methoxy groups -OCH3 is 3. The molecule has 0 unspecified atom stereocenters. The van der Waals surface area contributed by atoms with Gasteiger partial charge < -0.3 is 29.2 Å². The van der Waals surface area contributed by atoms with Crippen molar-refractivity contribution in [2.24, 2.45) is 0 Å². The molecule has 1 aliphatic heterocycles. The Labute approximate surface area is 154 Å². The van der Waals surface area contributed by atoms with Crippen molar-refractivity contribution in [1.29, 1.82) is 0 Å². The van der Waals surface area contributed by atoms with Crippen LogP contribution >= 0.6 is 0 Å². The average molecular weight is 358 g/mol. The molecule has 1 heterocycles. The van der Waals surface area contributed by atoms with E-state index in [1.54, 1.807) is 21.3 Å². The summed E-state index contributed by atoms with van der Waals surface area (Å²) in [5, 5.41) is 3.44. The van der Waals surface area contributed by atoms with E-state index in [0.29, 0.717) is 18.0 Å². The molecule has 1 saturated heterocycles. The maximum atomic E-state index is 5.48. The highest BCUT2D eigenvalue weighted by Crippen LogP contribution is 2.35. The van der Waals surface area contributed by atoms with Gasteiger partial charge in [-0.1, -0.05) is 0 Å². The lowest BCUT2D eigenvalue weighted by molar-refractivity contribution is 0.122. The van der Waals surface area contributed by atoms with E-state index >= 15 is 0 Å². The van der Waals surface area contributed by atoms with Gasteiger partial charge in [-0.05, 0) is 30.3 Å². The van der Waals surface area contributed by atoms with Crippen molar-refractivity contribution in [1.82, 2.24) is 0 Å². The molecule has 0 atom stereocenters. The van der Waals surface area contributed by atoms with Crippen molar-refractivity contribution in [3.05, 3.63) is 42.0 Å². The number of morpholine rings is 1. The predicted molar refractivity (Wildman–Crippen MR) is 103 cm³/mol. The number of hydrogen-bond donors (Lipinski definition) is 1. The van der Waals surface area contributed by atoms with Gasteiger partial charge in [-0.3, -0.25) is 0 Å². The molecule has 0 bridgehead atoms. The Morgan fingerprint density at radius 3 is 2.12 bits per heavy atom. The van der Waals surface area contributed by atoms with Crippen LogP contribution in [-0.2, 0) is 11.3 Å². The topological polar surface area (TPSA) is 52.2 Å². The van der Waals surface area contributed by atoms with E-state index in [9.17, 15) is 0 Å². The van der Waals surface area contributed by atoms with Crippen molar-refractivity contribution in [2.75, 3.05) is 57.8 Å². The number of hydrogen-bond acceptors (Lipinski definition) is 6. The molecule has 3 rings (SSSR count). The molecule has 6 nitrogen and oxygen atoms in total. The van der Waals surface area contributed by atoms with Gasteiger partial charge in [0.2, 0.25) is 0 Å². The molecule has 0 aromatic heterocycles. The maximum absolute atomic E-state index is 5.48. The van der Waals surface area contributed by atoms with Crippen LogP contribution in [0.15, 0.2) is 36.4 Å². The minimum absolute atomic E-state index is 0.625. The normalized spacial score (nSPS) is 14.0. The molecule has 2 aromatic rings. The van der Waals surface area contributed by atoms with Crippen molar-refractivity contribution in [3.8, 4) is 17.2 Å². The van der Waals surface area contributed by atoms with E-state index in [4.69, 9.17) is 18.9 Å². The van der Waals surface area contributed by atoms with Crippen LogP contribution in [0.25, 0.3) is 0 Å².